The predicted octanol–water partition coefficient (Wildman–Crippen LogP) is -0.345. The van der Waals surface area contributed by atoms with E-state index in [4.69, 9.17) is 11.0 Å². The van der Waals surface area contributed by atoms with Crippen LogP contribution in [0.15, 0.2) is 0 Å². The molecule has 100 valence electrons. The maximum atomic E-state index is 12.0. The van der Waals surface area contributed by atoms with Gasteiger partial charge in [-0.05, 0) is 12.8 Å². The van der Waals surface area contributed by atoms with Crippen molar-refractivity contribution in [3.8, 4) is 6.07 Å². The molecule has 1 saturated heterocycles. The smallest absolute Gasteiger partial charge is 0.241 e. The molecular formula is C11H18N4O2S. The summed E-state index contributed by atoms with van der Waals surface area (Å²) in [5.41, 5.74) is 5.80. The molecule has 1 rings (SSSR count). The summed E-state index contributed by atoms with van der Waals surface area (Å²) in [5.74, 6) is 0.604. The van der Waals surface area contributed by atoms with Crippen LogP contribution >= 0.6 is 11.8 Å². The number of likely N-dealkylation sites (tertiary alicyclic amines) is 1. The molecule has 0 aromatic rings. The third-order valence-electron chi connectivity index (χ3n) is 2.72. The monoisotopic (exact) mass is 270 g/mol. The van der Waals surface area contributed by atoms with Crippen molar-refractivity contribution in [1.29, 1.82) is 5.26 Å². The average molecular weight is 270 g/mol. The van der Waals surface area contributed by atoms with Crippen molar-refractivity contribution in [3.05, 3.63) is 0 Å². The van der Waals surface area contributed by atoms with Gasteiger partial charge < -0.3 is 16.0 Å². The molecule has 0 unspecified atom stereocenters. The molecule has 0 saturated carbocycles. The van der Waals surface area contributed by atoms with Crippen LogP contribution in [-0.4, -0.2) is 47.0 Å². The molecule has 18 heavy (non-hydrogen) atoms. The minimum absolute atomic E-state index is 0.105. The summed E-state index contributed by atoms with van der Waals surface area (Å²) in [6.07, 6.45) is 1.59. The van der Waals surface area contributed by atoms with E-state index in [1.807, 2.05) is 0 Å². The standard InChI is InChI=1S/C11H18N4O2S/c1-8(16)14-7-18-6-10(13)11(17)15-4-2-3-9(15)5-12/h9-10H,2-4,6-7,13H2,1H3,(H,14,16)/t9-,10+/m0/s1. The first-order valence-corrected chi connectivity index (χ1v) is 6.99. The van der Waals surface area contributed by atoms with Crippen molar-refractivity contribution in [2.75, 3.05) is 18.2 Å². The van der Waals surface area contributed by atoms with Crippen LogP contribution in [0.1, 0.15) is 19.8 Å². The highest BCUT2D eigenvalue weighted by Crippen LogP contribution is 2.17. The van der Waals surface area contributed by atoms with Crippen LogP contribution in [0.25, 0.3) is 0 Å². The van der Waals surface area contributed by atoms with Gasteiger partial charge in [-0.25, -0.2) is 0 Å². The molecule has 0 bridgehead atoms. The number of carbonyl (C=O) groups is 2. The van der Waals surface area contributed by atoms with Crippen molar-refractivity contribution in [1.82, 2.24) is 10.2 Å². The van der Waals surface area contributed by atoms with Crippen LogP contribution in [0.5, 0.6) is 0 Å². The number of hydrogen-bond donors (Lipinski definition) is 2. The molecule has 1 aliphatic heterocycles. The van der Waals surface area contributed by atoms with Gasteiger partial charge in [0.05, 0.1) is 18.0 Å². The van der Waals surface area contributed by atoms with Gasteiger partial charge in [0.1, 0.15) is 6.04 Å². The van der Waals surface area contributed by atoms with E-state index in [0.717, 1.165) is 12.8 Å². The van der Waals surface area contributed by atoms with Crippen molar-refractivity contribution in [3.63, 3.8) is 0 Å². The SMILES string of the molecule is CC(=O)NCSC[C@@H](N)C(=O)N1CCC[C@H]1C#N. The number of nitrogens with one attached hydrogen (secondary N) is 1. The van der Waals surface area contributed by atoms with Crippen LogP contribution in [0, 0.1) is 11.3 Å². The molecule has 0 spiro atoms. The second-order valence-corrected chi connectivity index (χ2v) is 5.20. The van der Waals surface area contributed by atoms with E-state index in [9.17, 15) is 9.59 Å². The molecule has 7 heteroatoms. The first kappa shape index (κ1) is 14.8. The van der Waals surface area contributed by atoms with Gasteiger partial charge in [-0.2, -0.15) is 5.26 Å². The van der Waals surface area contributed by atoms with Crippen LogP contribution in [-0.2, 0) is 9.59 Å². The fourth-order valence-electron chi connectivity index (χ4n) is 1.79. The molecule has 1 fully saturated rings. The highest BCUT2D eigenvalue weighted by Gasteiger charge is 2.31. The topological polar surface area (TPSA) is 99.2 Å². The Morgan fingerprint density at radius 2 is 2.39 bits per heavy atom. The Kier molecular flexibility index (Phi) is 5.95. The van der Waals surface area contributed by atoms with Crippen molar-refractivity contribution in [2.24, 2.45) is 5.73 Å². The quantitative estimate of drug-likeness (QED) is 0.526. The molecule has 1 aliphatic rings. The second-order valence-electron chi connectivity index (χ2n) is 4.17. The van der Waals surface area contributed by atoms with E-state index in [1.54, 1.807) is 4.90 Å². The van der Waals surface area contributed by atoms with Crippen molar-refractivity contribution >= 4 is 23.6 Å². The van der Waals surface area contributed by atoms with E-state index < -0.39 is 6.04 Å². The molecule has 3 N–H and O–H groups in total. The Hall–Kier alpha value is -1.26. The minimum Gasteiger partial charge on any atom is -0.347 e. The van der Waals surface area contributed by atoms with E-state index in [-0.39, 0.29) is 17.9 Å². The lowest BCUT2D eigenvalue weighted by Crippen LogP contribution is -2.47. The maximum Gasteiger partial charge on any atom is 0.241 e. The Morgan fingerprint density at radius 3 is 3.00 bits per heavy atom. The molecular weight excluding hydrogens is 252 g/mol. The number of nitrogens with two attached hydrogens (primary N) is 1. The minimum atomic E-state index is -0.613. The highest BCUT2D eigenvalue weighted by molar-refractivity contribution is 7.99. The van der Waals surface area contributed by atoms with E-state index in [0.29, 0.717) is 18.2 Å². The van der Waals surface area contributed by atoms with Crippen LogP contribution < -0.4 is 11.1 Å². The van der Waals surface area contributed by atoms with Gasteiger partial charge in [-0.15, -0.1) is 11.8 Å². The molecule has 2 atom stereocenters. The molecule has 6 nitrogen and oxygen atoms in total. The summed E-state index contributed by atoms with van der Waals surface area (Å²) in [6.45, 7) is 2.05. The molecule has 0 radical (unpaired) electrons. The Morgan fingerprint density at radius 1 is 1.67 bits per heavy atom. The third kappa shape index (κ3) is 4.20. The number of thioether (sulfide) groups is 1. The summed E-state index contributed by atoms with van der Waals surface area (Å²) in [7, 11) is 0. The van der Waals surface area contributed by atoms with Crippen LogP contribution in [0.3, 0.4) is 0 Å². The van der Waals surface area contributed by atoms with E-state index in [2.05, 4.69) is 11.4 Å². The molecule has 0 aliphatic carbocycles. The second kappa shape index (κ2) is 7.24. The Balaban J connectivity index is 2.33. The van der Waals surface area contributed by atoms with E-state index >= 15 is 0 Å². The zero-order valence-corrected chi connectivity index (χ0v) is 11.2. The zero-order valence-electron chi connectivity index (χ0n) is 10.4. The lowest BCUT2D eigenvalue weighted by atomic mass is 10.2. The number of nitrogens with zero attached hydrogens (tertiary/aromatic N) is 2. The van der Waals surface area contributed by atoms with Gasteiger partial charge in [0.15, 0.2) is 0 Å². The summed E-state index contributed by atoms with van der Waals surface area (Å²) < 4.78 is 0. The van der Waals surface area contributed by atoms with Gasteiger partial charge >= 0.3 is 0 Å². The van der Waals surface area contributed by atoms with Gasteiger partial charge in [-0.1, -0.05) is 0 Å². The lowest BCUT2D eigenvalue weighted by molar-refractivity contribution is -0.132. The van der Waals surface area contributed by atoms with Crippen molar-refractivity contribution in [2.45, 2.75) is 31.8 Å². The summed E-state index contributed by atoms with van der Waals surface area (Å²) in [5, 5.41) is 11.5. The lowest BCUT2D eigenvalue weighted by Gasteiger charge is -2.23. The van der Waals surface area contributed by atoms with Gasteiger partial charge in [0.2, 0.25) is 11.8 Å². The molecule has 0 aromatic heterocycles. The maximum absolute atomic E-state index is 12.0. The fourth-order valence-corrected chi connectivity index (χ4v) is 2.61. The Labute approximate surface area is 111 Å². The first-order valence-electron chi connectivity index (χ1n) is 5.84. The number of carbonyl (C=O) groups excluding carboxylic acids is 2. The summed E-state index contributed by atoms with van der Waals surface area (Å²) in [6, 6.07) is 1.17. The first-order chi connectivity index (χ1) is 8.56. The largest absolute Gasteiger partial charge is 0.347 e. The Bertz CT molecular complexity index is 355. The van der Waals surface area contributed by atoms with Crippen LogP contribution in [0.2, 0.25) is 0 Å². The number of hydrogen-bond acceptors (Lipinski definition) is 5. The average Bonchev–Trinajstić information content (AvgIpc) is 2.81. The van der Waals surface area contributed by atoms with Crippen molar-refractivity contribution < 1.29 is 9.59 Å². The summed E-state index contributed by atoms with van der Waals surface area (Å²) in [4.78, 5) is 24.2. The zero-order chi connectivity index (χ0) is 13.5. The number of nitriles is 1. The molecule has 1 heterocycles. The normalized spacial score (nSPS) is 20.3. The number of amides is 2. The third-order valence-corrected chi connectivity index (χ3v) is 3.67. The van der Waals surface area contributed by atoms with E-state index in [1.165, 1.54) is 18.7 Å². The molecule has 0 aromatic carbocycles. The number of rotatable bonds is 5. The fraction of sp³-hybridized carbons (Fsp3) is 0.727. The summed E-state index contributed by atoms with van der Waals surface area (Å²) >= 11 is 1.40. The van der Waals surface area contributed by atoms with Gasteiger partial charge in [0, 0.05) is 19.2 Å². The predicted molar refractivity (Wildman–Crippen MR) is 69.5 cm³/mol. The van der Waals surface area contributed by atoms with Gasteiger partial charge in [-0.3, -0.25) is 9.59 Å². The highest BCUT2D eigenvalue weighted by atomic mass is 32.2. The van der Waals surface area contributed by atoms with Gasteiger partial charge in [0.25, 0.3) is 0 Å². The molecule has 2 amide bonds. The van der Waals surface area contributed by atoms with Crippen LogP contribution in [0.4, 0.5) is 0 Å².